The van der Waals surface area contributed by atoms with Crippen molar-refractivity contribution in [2.75, 3.05) is 5.32 Å². The van der Waals surface area contributed by atoms with Crippen LogP contribution in [0.5, 0.6) is 0 Å². The van der Waals surface area contributed by atoms with E-state index in [2.05, 4.69) is 10.3 Å². The molecule has 1 aromatic heterocycles. The van der Waals surface area contributed by atoms with Crippen LogP contribution < -0.4 is 5.32 Å². The lowest BCUT2D eigenvalue weighted by Crippen LogP contribution is -2.40. The fourth-order valence-electron chi connectivity index (χ4n) is 4.68. The molecule has 3 atom stereocenters. The smallest absolute Gasteiger partial charge is 0.416 e. The summed E-state index contributed by atoms with van der Waals surface area (Å²) in [4.78, 5) is 29.3. The molecular weight excluding hydrogens is 464 g/mol. The Morgan fingerprint density at radius 2 is 1.74 bits per heavy atom. The number of aliphatic carboxylic acids is 1. The maximum absolute atomic E-state index is 14.2. The molecule has 4 rings (SSSR count). The van der Waals surface area contributed by atoms with E-state index in [-0.39, 0.29) is 6.42 Å². The van der Waals surface area contributed by atoms with E-state index in [1.807, 2.05) is 36.4 Å². The molecule has 182 valence electrons. The van der Waals surface area contributed by atoms with Crippen molar-refractivity contribution in [3.8, 4) is 11.1 Å². The summed E-state index contributed by atoms with van der Waals surface area (Å²) in [6.45, 7) is 0. The number of carboxylic acids is 1. The second kappa shape index (κ2) is 9.85. The number of hydrogen-bond acceptors (Lipinski definition) is 3. The molecule has 0 bridgehead atoms. The summed E-state index contributed by atoms with van der Waals surface area (Å²) in [5, 5.41) is 12.3. The van der Waals surface area contributed by atoms with Gasteiger partial charge in [-0.05, 0) is 59.7 Å². The third-order valence-corrected chi connectivity index (χ3v) is 6.41. The van der Waals surface area contributed by atoms with E-state index in [1.54, 1.807) is 12.4 Å². The first-order valence-electron chi connectivity index (χ1n) is 11.1. The molecular formula is C26H22F4N2O3. The number of nitrogens with zero attached hydrogens (tertiary/aromatic N) is 1. The quantitative estimate of drug-likeness (QED) is 0.425. The van der Waals surface area contributed by atoms with E-state index in [9.17, 15) is 32.3 Å². The fraction of sp³-hybridized carbons (Fsp3) is 0.269. The van der Waals surface area contributed by atoms with Crippen molar-refractivity contribution in [2.45, 2.75) is 31.4 Å². The third-order valence-electron chi connectivity index (χ3n) is 6.41. The van der Waals surface area contributed by atoms with Gasteiger partial charge in [-0.2, -0.15) is 13.2 Å². The number of hydrogen-bond donors (Lipinski definition) is 2. The molecule has 3 aromatic rings. The molecule has 1 saturated carbocycles. The fourth-order valence-corrected chi connectivity index (χ4v) is 4.68. The lowest BCUT2D eigenvalue weighted by atomic mass is 9.69. The second-order valence-electron chi connectivity index (χ2n) is 8.55. The highest BCUT2D eigenvalue weighted by molar-refractivity contribution is 5.95. The van der Waals surface area contributed by atoms with E-state index in [1.165, 1.54) is 0 Å². The van der Waals surface area contributed by atoms with Gasteiger partial charge >= 0.3 is 12.1 Å². The predicted molar refractivity (Wildman–Crippen MR) is 121 cm³/mol. The van der Waals surface area contributed by atoms with Crippen LogP contribution in [-0.2, 0) is 15.8 Å². The van der Waals surface area contributed by atoms with Crippen molar-refractivity contribution in [1.29, 1.82) is 0 Å². The van der Waals surface area contributed by atoms with Gasteiger partial charge in [0.25, 0.3) is 0 Å². The highest BCUT2D eigenvalue weighted by atomic mass is 19.4. The standard InChI is InChI=1S/C26H22F4N2O3/c27-21-13-18(26(28,29)30)10-11-22(21)32-24(33)20-5-1-4-19(23(20)25(34)35)16-8-6-15(7-9-16)17-3-2-12-31-14-17/h2-3,6-14,19-20,23H,1,4-5H2,(H,32,33)(H,34,35)/t19-,20-,23-/m1/s1. The summed E-state index contributed by atoms with van der Waals surface area (Å²) >= 11 is 0. The van der Waals surface area contributed by atoms with Crippen LogP contribution in [0, 0.1) is 17.7 Å². The third kappa shape index (κ3) is 5.34. The molecule has 0 radical (unpaired) electrons. The number of benzene rings is 2. The van der Waals surface area contributed by atoms with Crippen LogP contribution in [0.3, 0.4) is 0 Å². The van der Waals surface area contributed by atoms with Gasteiger partial charge < -0.3 is 10.4 Å². The summed E-state index contributed by atoms with van der Waals surface area (Å²) < 4.78 is 52.6. The number of carboxylic acid groups (broad SMARTS) is 1. The van der Waals surface area contributed by atoms with E-state index in [0.717, 1.165) is 22.8 Å². The van der Waals surface area contributed by atoms with Crippen molar-refractivity contribution in [3.63, 3.8) is 0 Å². The Morgan fingerprint density at radius 3 is 2.34 bits per heavy atom. The number of carbonyl (C=O) groups is 2. The van der Waals surface area contributed by atoms with Crippen LogP contribution in [0.4, 0.5) is 23.2 Å². The van der Waals surface area contributed by atoms with Gasteiger partial charge in [-0.25, -0.2) is 4.39 Å². The monoisotopic (exact) mass is 486 g/mol. The van der Waals surface area contributed by atoms with Crippen LogP contribution in [0.1, 0.15) is 36.3 Å². The number of pyridine rings is 1. The minimum absolute atomic E-state index is 0.273. The molecule has 0 spiro atoms. The number of carbonyl (C=O) groups excluding carboxylic acids is 1. The summed E-state index contributed by atoms with van der Waals surface area (Å²) in [6, 6.07) is 12.9. The lowest BCUT2D eigenvalue weighted by molar-refractivity contribution is -0.148. The topological polar surface area (TPSA) is 79.3 Å². The summed E-state index contributed by atoms with van der Waals surface area (Å²) in [7, 11) is 0. The molecule has 1 heterocycles. The molecule has 2 aromatic carbocycles. The molecule has 0 unspecified atom stereocenters. The molecule has 1 aliphatic rings. The zero-order chi connectivity index (χ0) is 25.2. The Labute approximate surface area is 198 Å². The molecule has 35 heavy (non-hydrogen) atoms. The second-order valence-corrected chi connectivity index (χ2v) is 8.55. The average Bonchev–Trinajstić information content (AvgIpc) is 2.84. The number of rotatable bonds is 5. The Balaban J connectivity index is 1.55. The molecule has 0 saturated heterocycles. The van der Waals surface area contributed by atoms with Gasteiger partial charge in [-0.1, -0.05) is 36.8 Å². The minimum atomic E-state index is -4.72. The van der Waals surface area contributed by atoms with Gasteiger partial charge in [0.15, 0.2) is 0 Å². The number of halogens is 4. The van der Waals surface area contributed by atoms with Crippen LogP contribution in [0.25, 0.3) is 11.1 Å². The van der Waals surface area contributed by atoms with E-state index in [4.69, 9.17) is 0 Å². The molecule has 2 N–H and O–H groups in total. The SMILES string of the molecule is O=C(O)[C@@H]1[C@@H](c2ccc(-c3cccnc3)cc2)CCC[C@H]1C(=O)Nc1ccc(C(F)(F)F)cc1F. The summed E-state index contributed by atoms with van der Waals surface area (Å²) in [5.74, 6) is -5.60. The highest BCUT2D eigenvalue weighted by Gasteiger charge is 2.43. The van der Waals surface area contributed by atoms with E-state index < -0.39 is 52.9 Å². The molecule has 1 amide bonds. The van der Waals surface area contributed by atoms with Gasteiger partial charge in [0.05, 0.1) is 23.1 Å². The first-order chi connectivity index (χ1) is 16.6. The molecule has 1 aliphatic carbocycles. The van der Waals surface area contributed by atoms with E-state index in [0.29, 0.717) is 25.0 Å². The van der Waals surface area contributed by atoms with Gasteiger partial charge in [-0.3, -0.25) is 14.6 Å². The van der Waals surface area contributed by atoms with Crippen molar-refractivity contribution >= 4 is 17.6 Å². The Kier molecular flexibility index (Phi) is 6.86. The van der Waals surface area contributed by atoms with Crippen LogP contribution in [0.15, 0.2) is 67.0 Å². The molecule has 0 aliphatic heterocycles. The van der Waals surface area contributed by atoms with Crippen molar-refractivity contribution in [1.82, 2.24) is 4.98 Å². The van der Waals surface area contributed by atoms with Crippen molar-refractivity contribution in [2.24, 2.45) is 11.8 Å². The lowest BCUT2D eigenvalue weighted by Gasteiger charge is -2.35. The highest BCUT2D eigenvalue weighted by Crippen LogP contribution is 2.42. The Hall–Kier alpha value is -3.75. The van der Waals surface area contributed by atoms with Crippen molar-refractivity contribution < 1.29 is 32.3 Å². The number of amides is 1. The van der Waals surface area contributed by atoms with Gasteiger partial charge in [0.1, 0.15) is 5.82 Å². The minimum Gasteiger partial charge on any atom is -0.481 e. The molecule has 9 heteroatoms. The summed E-state index contributed by atoms with van der Waals surface area (Å²) in [6.07, 6.45) is 0.0692. The first-order valence-corrected chi connectivity index (χ1v) is 11.1. The first kappa shape index (κ1) is 24.4. The predicted octanol–water partition coefficient (Wildman–Crippen LogP) is 6.13. The van der Waals surface area contributed by atoms with E-state index >= 15 is 0 Å². The van der Waals surface area contributed by atoms with Gasteiger partial charge in [0, 0.05) is 12.4 Å². The van der Waals surface area contributed by atoms with Gasteiger partial charge in [0.2, 0.25) is 5.91 Å². The van der Waals surface area contributed by atoms with Crippen LogP contribution in [-0.4, -0.2) is 22.0 Å². The molecule has 5 nitrogen and oxygen atoms in total. The largest absolute Gasteiger partial charge is 0.481 e. The maximum Gasteiger partial charge on any atom is 0.416 e. The molecule has 1 fully saturated rings. The number of nitrogens with one attached hydrogen (secondary N) is 1. The maximum atomic E-state index is 14.2. The zero-order valence-corrected chi connectivity index (χ0v) is 18.4. The van der Waals surface area contributed by atoms with Crippen molar-refractivity contribution in [3.05, 3.63) is 83.9 Å². The van der Waals surface area contributed by atoms with Crippen LogP contribution >= 0.6 is 0 Å². The number of aromatic nitrogens is 1. The Morgan fingerprint density at radius 1 is 1.00 bits per heavy atom. The Bertz CT molecular complexity index is 1210. The summed E-state index contributed by atoms with van der Waals surface area (Å²) in [5.41, 5.74) is 0.993. The number of anilines is 1. The normalized spacial score (nSPS) is 20.3. The zero-order valence-electron chi connectivity index (χ0n) is 18.4. The van der Waals surface area contributed by atoms with Crippen LogP contribution in [0.2, 0.25) is 0 Å². The average molecular weight is 486 g/mol. The van der Waals surface area contributed by atoms with Gasteiger partial charge in [-0.15, -0.1) is 0 Å². The number of alkyl halides is 3.